The molecule has 2 aliphatic heterocycles. The summed E-state index contributed by atoms with van der Waals surface area (Å²) in [5.74, 6) is -0.629. The fraction of sp³-hybridized carbons (Fsp3) is 0.846. The number of amides is 2. The molecule has 1 N–H and O–H groups in total. The van der Waals surface area contributed by atoms with Gasteiger partial charge in [0.25, 0.3) is 0 Å². The lowest BCUT2D eigenvalue weighted by Crippen LogP contribution is -2.57. The van der Waals surface area contributed by atoms with Gasteiger partial charge in [0.15, 0.2) is 0 Å². The van der Waals surface area contributed by atoms with Crippen molar-refractivity contribution in [3.8, 4) is 0 Å². The zero-order chi connectivity index (χ0) is 13.3. The highest BCUT2D eigenvalue weighted by atomic mass is 16.4. The van der Waals surface area contributed by atoms with Crippen LogP contribution in [0.4, 0.5) is 4.79 Å². The molecule has 2 rings (SSSR count). The van der Waals surface area contributed by atoms with Gasteiger partial charge in [-0.3, -0.25) is 4.79 Å². The lowest BCUT2D eigenvalue weighted by molar-refractivity contribution is -0.139. The number of carbonyl (C=O) groups is 2. The van der Waals surface area contributed by atoms with E-state index in [1.165, 1.54) is 6.42 Å². The van der Waals surface area contributed by atoms with Crippen molar-refractivity contribution >= 4 is 12.0 Å². The van der Waals surface area contributed by atoms with Crippen LogP contribution in [0.3, 0.4) is 0 Å². The monoisotopic (exact) mass is 254 g/mol. The van der Waals surface area contributed by atoms with Gasteiger partial charge in [0, 0.05) is 32.1 Å². The smallest absolute Gasteiger partial charge is 0.320 e. The van der Waals surface area contributed by atoms with E-state index in [0.29, 0.717) is 13.1 Å². The van der Waals surface area contributed by atoms with Gasteiger partial charge in [0.05, 0.1) is 6.42 Å². The summed E-state index contributed by atoms with van der Waals surface area (Å²) in [6.07, 6.45) is 2.40. The predicted molar refractivity (Wildman–Crippen MR) is 67.3 cm³/mol. The SMILES string of the molecule is CC1(C)CCCN(C(=O)N2CC(CC(=O)O)C2)C1. The summed E-state index contributed by atoms with van der Waals surface area (Å²) in [5, 5.41) is 8.68. The molecule has 0 aromatic heterocycles. The van der Waals surface area contributed by atoms with Crippen molar-refractivity contribution in [3.63, 3.8) is 0 Å². The number of aliphatic carboxylic acids is 1. The maximum absolute atomic E-state index is 12.2. The number of nitrogens with zero attached hydrogens (tertiary/aromatic N) is 2. The summed E-state index contributed by atoms with van der Waals surface area (Å²) in [5.41, 5.74) is 0.208. The van der Waals surface area contributed by atoms with E-state index in [9.17, 15) is 9.59 Å². The van der Waals surface area contributed by atoms with Gasteiger partial charge in [-0.15, -0.1) is 0 Å². The van der Waals surface area contributed by atoms with Crippen LogP contribution in [-0.2, 0) is 4.79 Å². The number of carboxylic acid groups (broad SMARTS) is 1. The van der Waals surface area contributed by atoms with Gasteiger partial charge in [-0.1, -0.05) is 13.8 Å². The van der Waals surface area contributed by atoms with Crippen LogP contribution in [0.15, 0.2) is 0 Å². The normalized spacial score (nSPS) is 23.7. The molecule has 0 aromatic carbocycles. The van der Waals surface area contributed by atoms with Gasteiger partial charge in [-0.2, -0.15) is 0 Å². The van der Waals surface area contributed by atoms with Gasteiger partial charge >= 0.3 is 12.0 Å². The van der Waals surface area contributed by atoms with E-state index < -0.39 is 5.97 Å². The first-order valence-electron chi connectivity index (χ1n) is 6.63. The Labute approximate surface area is 108 Å². The van der Waals surface area contributed by atoms with Gasteiger partial charge in [-0.05, 0) is 18.3 Å². The minimum Gasteiger partial charge on any atom is -0.481 e. The maximum atomic E-state index is 12.2. The average molecular weight is 254 g/mol. The minimum absolute atomic E-state index is 0.0874. The number of carbonyl (C=O) groups excluding carboxylic acids is 1. The fourth-order valence-corrected chi connectivity index (χ4v) is 2.89. The largest absolute Gasteiger partial charge is 0.481 e. The van der Waals surface area contributed by atoms with E-state index in [4.69, 9.17) is 5.11 Å². The van der Waals surface area contributed by atoms with Crippen LogP contribution in [0.25, 0.3) is 0 Å². The van der Waals surface area contributed by atoms with Crippen molar-refractivity contribution in [1.29, 1.82) is 0 Å². The highest BCUT2D eigenvalue weighted by Crippen LogP contribution is 2.30. The summed E-state index contributed by atoms with van der Waals surface area (Å²) in [6, 6.07) is 0.0874. The molecule has 102 valence electrons. The van der Waals surface area contributed by atoms with Crippen molar-refractivity contribution in [2.75, 3.05) is 26.2 Å². The highest BCUT2D eigenvalue weighted by Gasteiger charge is 2.37. The molecule has 2 amide bonds. The predicted octanol–water partition coefficient (Wildman–Crippen LogP) is 1.63. The second-order valence-electron chi connectivity index (χ2n) is 6.34. The average Bonchev–Trinajstić information content (AvgIpc) is 2.20. The molecule has 5 heteroatoms. The van der Waals surface area contributed by atoms with Crippen molar-refractivity contribution in [3.05, 3.63) is 0 Å². The number of likely N-dealkylation sites (tertiary alicyclic amines) is 2. The molecule has 0 bridgehead atoms. The van der Waals surface area contributed by atoms with Gasteiger partial charge in [0.1, 0.15) is 0 Å². The number of hydrogen-bond donors (Lipinski definition) is 1. The molecule has 0 spiro atoms. The molecule has 2 heterocycles. The van der Waals surface area contributed by atoms with Crippen LogP contribution in [0.2, 0.25) is 0 Å². The topological polar surface area (TPSA) is 60.9 Å². The first kappa shape index (κ1) is 13.2. The van der Waals surface area contributed by atoms with Crippen LogP contribution in [0.5, 0.6) is 0 Å². The third kappa shape index (κ3) is 2.94. The third-order valence-electron chi connectivity index (χ3n) is 3.86. The van der Waals surface area contributed by atoms with Crippen molar-refractivity contribution in [1.82, 2.24) is 9.80 Å². The number of urea groups is 1. The van der Waals surface area contributed by atoms with Crippen molar-refractivity contribution in [2.24, 2.45) is 11.3 Å². The molecule has 5 nitrogen and oxygen atoms in total. The maximum Gasteiger partial charge on any atom is 0.320 e. The van der Waals surface area contributed by atoms with Gasteiger partial charge in [-0.25, -0.2) is 4.79 Å². The van der Waals surface area contributed by atoms with Crippen LogP contribution in [-0.4, -0.2) is 53.1 Å². The Morgan fingerprint density at radius 1 is 1.28 bits per heavy atom. The van der Waals surface area contributed by atoms with E-state index in [1.807, 2.05) is 4.90 Å². The van der Waals surface area contributed by atoms with Crippen LogP contribution >= 0.6 is 0 Å². The Hall–Kier alpha value is -1.26. The molecule has 0 unspecified atom stereocenters. The van der Waals surface area contributed by atoms with E-state index in [1.54, 1.807) is 4.90 Å². The second kappa shape index (κ2) is 4.78. The molecule has 0 saturated carbocycles. The van der Waals surface area contributed by atoms with E-state index in [0.717, 1.165) is 19.5 Å². The molecule has 2 fully saturated rings. The quantitative estimate of drug-likeness (QED) is 0.814. The Bertz CT molecular complexity index is 348. The highest BCUT2D eigenvalue weighted by molar-refractivity contribution is 5.76. The van der Waals surface area contributed by atoms with Gasteiger partial charge < -0.3 is 14.9 Å². The molecular weight excluding hydrogens is 232 g/mol. The molecule has 0 atom stereocenters. The first-order chi connectivity index (χ1) is 8.37. The summed E-state index contributed by atoms with van der Waals surface area (Å²) < 4.78 is 0. The van der Waals surface area contributed by atoms with Crippen LogP contribution < -0.4 is 0 Å². The Kier molecular flexibility index (Phi) is 3.50. The molecule has 18 heavy (non-hydrogen) atoms. The van der Waals surface area contributed by atoms with Crippen LogP contribution in [0.1, 0.15) is 33.1 Å². The Morgan fingerprint density at radius 2 is 1.94 bits per heavy atom. The standard InChI is InChI=1S/C13H22N2O3/c1-13(2)4-3-5-14(9-13)12(18)15-7-10(8-15)6-11(16)17/h10H,3-9H2,1-2H3,(H,16,17). The Morgan fingerprint density at radius 3 is 2.50 bits per heavy atom. The molecule has 0 radical (unpaired) electrons. The second-order valence-corrected chi connectivity index (χ2v) is 6.34. The zero-order valence-corrected chi connectivity index (χ0v) is 11.2. The lowest BCUT2D eigenvalue weighted by Gasteiger charge is -2.45. The van der Waals surface area contributed by atoms with Crippen LogP contribution in [0, 0.1) is 11.3 Å². The molecule has 2 aliphatic rings. The zero-order valence-electron chi connectivity index (χ0n) is 11.2. The molecule has 2 saturated heterocycles. The van der Waals surface area contributed by atoms with Crippen molar-refractivity contribution in [2.45, 2.75) is 33.1 Å². The fourth-order valence-electron chi connectivity index (χ4n) is 2.89. The number of piperidine rings is 1. The minimum atomic E-state index is -0.772. The molecule has 0 aliphatic carbocycles. The van der Waals surface area contributed by atoms with E-state index in [2.05, 4.69) is 13.8 Å². The number of rotatable bonds is 2. The lowest BCUT2D eigenvalue weighted by atomic mass is 9.84. The first-order valence-corrected chi connectivity index (χ1v) is 6.63. The Balaban J connectivity index is 1.81. The van der Waals surface area contributed by atoms with Gasteiger partial charge in [0.2, 0.25) is 0 Å². The summed E-state index contributed by atoms with van der Waals surface area (Å²) >= 11 is 0. The van der Waals surface area contributed by atoms with E-state index in [-0.39, 0.29) is 23.8 Å². The number of hydrogen-bond acceptors (Lipinski definition) is 2. The third-order valence-corrected chi connectivity index (χ3v) is 3.86. The summed E-state index contributed by atoms with van der Waals surface area (Å²) in [4.78, 5) is 26.4. The molecular formula is C13H22N2O3. The summed E-state index contributed by atoms with van der Waals surface area (Å²) in [6.45, 7) is 7.23. The van der Waals surface area contributed by atoms with E-state index >= 15 is 0 Å². The van der Waals surface area contributed by atoms with Crippen molar-refractivity contribution < 1.29 is 14.7 Å². The number of carboxylic acids is 1. The summed E-state index contributed by atoms with van der Waals surface area (Å²) in [7, 11) is 0. The molecule has 0 aromatic rings.